The molecule has 3 nitrogen and oxygen atoms in total. The van der Waals surface area contributed by atoms with Gasteiger partial charge in [-0.2, -0.15) is 0 Å². The Bertz CT molecular complexity index is 506. The van der Waals surface area contributed by atoms with Gasteiger partial charge < -0.3 is 4.90 Å². The molecule has 2 fully saturated rings. The Kier molecular flexibility index (Phi) is 5.08. The fourth-order valence-electron chi connectivity index (χ4n) is 3.64. The van der Waals surface area contributed by atoms with E-state index in [4.69, 9.17) is 0 Å². The van der Waals surface area contributed by atoms with Crippen molar-refractivity contribution in [3.8, 4) is 0 Å². The molecule has 0 unspecified atom stereocenters. The highest BCUT2D eigenvalue weighted by molar-refractivity contribution is 5.78. The molecule has 2 aliphatic rings. The maximum atomic E-state index is 13.8. The third kappa shape index (κ3) is 3.67. The van der Waals surface area contributed by atoms with E-state index in [1.807, 2.05) is 17.0 Å². The second-order valence-corrected chi connectivity index (χ2v) is 6.51. The molecule has 1 aromatic rings. The lowest BCUT2D eigenvalue weighted by Gasteiger charge is -2.34. The molecule has 3 rings (SSSR count). The van der Waals surface area contributed by atoms with Gasteiger partial charge in [0.1, 0.15) is 5.82 Å². The first kappa shape index (κ1) is 15.5. The van der Waals surface area contributed by atoms with Crippen molar-refractivity contribution < 1.29 is 9.18 Å². The molecule has 2 saturated heterocycles. The summed E-state index contributed by atoms with van der Waals surface area (Å²) in [4.78, 5) is 16.5. The minimum Gasteiger partial charge on any atom is -0.342 e. The number of carbonyl (C=O) groups excluding carboxylic acids is 1. The molecule has 0 spiro atoms. The zero-order chi connectivity index (χ0) is 15.4. The van der Waals surface area contributed by atoms with Gasteiger partial charge in [0.25, 0.3) is 0 Å². The summed E-state index contributed by atoms with van der Waals surface area (Å²) in [6, 6.07) is 7.09. The van der Waals surface area contributed by atoms with Crippen molar-refractivity contribution in [2.45, 2.75) is 38.0 Å². The van der Waals surface area contributed by atoms with Gasteiger partial charge in [0.15, 0.2) is 0 Å². The van der Waals surface area contributed by atoms with Crippen LogP contribution in [0.3, 0.4) is 0 Å². The Labute approximate surface area is 132 Å². The fourth-order valence-corrected chi connectivity index (χ4v) is 3.64. The first-order valence-corrected chi connectivity index (χ1v) is 8.48. The van der Waals surface area contributed by atoms with E-state index in [2.05, 4.69) is 4.90 Å². The van der Waals surface area contributed by atoms with Gasteiger partial charge in [-0.1, -0.05) is 18.2 Å². The van der Waals surface area contributed by atoms with Crippen molar-refractivity contribution in [2.24, 2.45) is 0 Å². The first-order chi connectivity index (χ1) is 10.7. The van der Waals surface area contributed by atoms with Crippen molar-refractivity contribution >= 4 is 5.91 Å². The number of amides is 1. The largest absolute Gasteiger partial charge is 0.342 e. The fraction of sp³-hybridized carbons (Fsp3) is 0.611. The molecule has 0 radical (unpaired) electrons. The smallest absolute Gasteiger partial charge is 0.236 e. The lowest BCUT2D eigenvalue weighted by molar-refractivity contribution is -0.133. The molecular formula is C18H25FN2O. The molecule has 0 atom stereocenters. The summed E-state index contributed by atoms with van der Waals surface area (Å²) in [6.07, 6.45) is 5.41. The van der Waals surface area contributed by atoms with Crippen molar-refractivity contribution in [1.82, 2.24) is 9.80 Å². The maximum absolute atomic E-state index is 13.8. The third-order valence-electron chi connectivity index (χ3n) is 5.00. The molecule has 0 aromatic heterocycles. The Hall–Kier alpha value is -1.42. The van der Waals surface area contributed by atoms with Crippen LogP contribution in [0.15, 0.2) is 24.3 Å². The van der Waals surface area contributed by atoms with Crippen LogP contribution in [-0.4, -0.2) is 48.4 Å². The van der Waals surface area contributed by atoms with E-state index < -0.39 is 0 Å². The molecule has 0 bridgehead atoms. The SMILES string of the molecule is O=C(CN1CCC(c2ccccc2F)CC1)N1CCCCC1. The molecule has 120 valence electrons. The number of halogens is 1. The van der Waals surface area contributed by atoms with E-state index in [1.54, 1.807) is 12.1 Å². The normalized spacial score (nSPS) is 21.0. The minimum absolute atomic E-state index is 0.0923. The Balaban J connectivity index is 1.49. The molecule has 1 amide bonds. The zero-order valence-electron chi connectivity index (χ0n) is 13.1. The van der Waals surface area contributed by atoms with Crippen LogP contribution in [-0.2, 0) is 4.79 Å². The number of hydrogen-bond acceptors (Lipinski definition) is 2. The third-order valence-corrected chi connectivity index (χ3v) is 5.00. The van der Waals surface area contributed by atoms with Gasteiger partial charge in [-0.3, -0.25) is 9.69 Å². The summed E-state index contributed by atoms with van der Waals surface area (Å²) in [5.74, 6) is 0.469. The van der Waals surface area contributed by atoms with Gasteiger partial charge in [-0.25, -0.2) is 4.39 Å². The monoisotopic (exact) mass is 304 g/mol. The van der Waals surface area contributed by atoms with Gasteiger partial charge in [0.05, 0.1) is 6.54 Å². The number of likely N-dealkylation sites (tertiary alicyclic amines) is 2. The van der Waals surface area contributed by atoms with Gasteiger partial charge in [-0.15, -0.1) is 0 Å². The van der Waals surface area contributed by atoms with E-state index in [9.17, 15) is 9.18 Å². The molecular weight excluding hydrogens is 279 g/mol. The van der Waals surface area contributed by atoms with Gasteiger partial charge in [-0.05, 0) is 62.7 Å². The van der Waals surface area contributed by atoms with Crippen LogP contribution < -0.4 is 0 Å². The van der Waals surface area contributed by atoms with E-state index in [0.29, 0.717) is 12.5 Å². The molecule has 0 N–H and O–H groups in total. The maximum Gasteiger partial charge on any atom is 0.236 e. The molecule has 22 heavy (non-hydrogen) atoms. The van der Waals surface area contributed by atoms with Crippen LogP contribution in [0.25, 0.3) is 0 Å². The summed E-state index contributed by atoms with van der Waals surface area (Å²) in [7, 11) is 0. The number of rotatable bonds is 3. The minimum atomic E-state index is -0.0923. The number of piperidine rings is 2. The highest BCUT2D eigenvalue weighted by atomic mass is 19.1. The highest BCUT2D eigenvalue weighted by Crippen LogP contribution is 2.29. The number of hydrogen-bond donors (Lipinski definition) is 0. The predicted octanol–water partition coefficient (Wildman–Crippen LogP) is 3.02. The first-order valence-electron chi connectivity index (χ1n) is 8.48. The lowest BCUT2D eigenvalue weighted by atomic mass is 9.89. The summed E-state index contributed by atoms with van der Waals surface area (Å²) in [5.41, 5.74) is 0.838. The zero-order valence-corrected chi connectivity index (χ0v) is 13.1. The predicted molar refractivity (Wildman–Crippen MR) is 85.2 cm³/mol. The van der Waals surface area contributed by atoms with Gasteiger partial charge in [0.2, 0.25) is 5.91 Å². The average molecular weight is 304 g/mol. The second-order valence-electron chi connectivity index (χ2n) is 6.51. The van der Waals surface area contributed by atoms with Crippen LogP contribution in [0.4, 0.5) is 4.39 Å². The van der Waals surface area contributed by atoms with E-state index in [0.717, 1.165) is 57.4 Å². The van der Waals surface area contributed by atoms with Gasteiger partial charge in [0, 0.05) is 13.1 Å². The number of carbonyl (C=O) groups is 1. The Morgan fingerprint density at radius 3 is 2.41 bits per heavy atom. The van der Waals surface area contributed by atoms with Crippen LogP contribution >= 0.6 is 0 Å². The van der Waals surface area contributed by atoms with E-state index in [-0.39, 0.29) is 11.7 Å². The lowest BCUT2D eigenvalue weighted by Crippen LogP contribution is -2.44. The van der Waals surface area contributed by atoms with Crippen molar-refractivity contribution in [1.29, 1.82) is 0 Å². The number of benzene rings is 1. The van der Waals surface area contributed by atoms with Crippen LogP contribution in [0.1, 0.15) is 43.6 Å². The standard InChI is InChI=1S/C18H25FN2O/c19-17-7-3-2-6-16(17)15-8-12-20(13-9-15)14-18(22)21-10-4-1-5-11-21/h2-3,6-7,15H,1,4-5,8-14H2. The summed E-state index contributed by atoms with van der Waals surface area (Å²) in [5, 5.41) is 0. The molecule has 2 aliphatic heterocycles. The van der Waals surface area contributed by atoms with Crippen molar-refractivity contribution in [3.05, 3.63) is 35.6 Å². The summed E-state index contributed by atoms with van der Waals surface area (Å²) >= 11 is 0. The van der Waals surface area contributed by atoms with Crippen LogP contribution in [0, 0.1) is 5.82 Å². The molecule has 0 saturated carbocycles. The van der Waals surface area contributed by atoms with E-state index in [1.165, 1.54) is 6.42 Å². The molecule has 4 heteroatoms. The second kappa shape index (κ2) is 7.23. The summed E-state index contributed by atoms with van der Waals surface area (Å²) < 4.78 is 13.8. The summed E-state index contributed by atoms with van der Waals surface area (Å²) in [6.45, 7) is 4.15. The molecule has 1 aromatic carbocycles. The van der Waals surface area contributed by atoms with Crippen molar-refractivity contribution in [3.63, 3.8) is 0 Å². The van der Waals surface area contributed by atoms with Gasteiger partial charge >= 0.3 is 0 Å². The highest BCUT2D eigenvalue weighted by Gasteiger charge is 2.25. The molecule has 0 aliphatic carbocycles. The Morgan fingerprint density at radius 1 is 1.05 bits per heavy atom. The Morgan fingerprint density at radius 2 is 1.73 bits per heavy atom. The average Bonchev–Trinajstić information content (AvgIpc) is 2.57. The quantitative estimate of drug-likeness (QED) is 0.857. The van der Waals surface area contributed by atoms with Crippen LogP contribution in [0.2, 0.25) is 0 Å². The van der Waals surface area contributed by atoms with E-state index >= 15 is 0 Å². The van der Waals surface area contributed by atoms with Crippen molar-refractivity contribution in [2.75, 3.05) is 32.7 Å². The number of nitrogens with zero attached hydrogens (tertiary/aromatic N) is 2. The molecule has 2 heterocycles. The topological polar surface area (TPSA) is 23.6 Å². The van der Waals surface area contributed by atoms with Crippen LogP contribution in [0.5, 0.6) is 0 Å².